The fourth-order valence-corrected chi connectivity index (χ4v) is 2.41. The fourth-order valence-electron chi connectivity index (χ4n) is 2.22. The molecule has 27 heavy (non-hydrogen) atoms. The Labute approximate surface area is 159 Å². The van der Waals surface area contributed by atoms with E-state index in [-0.39, 0.29) is 17.3 Å². The van der Waals surface area contributed by atoms with Crippen molar-refractivity contribution in [2.45, 2.75) is 13.5 Å². The van der Waals surface area contributed by atoms with Crippen LogP contribution in [0.1, 0.15) is 12.8 Å². The summed E-state index contributed by atoms with van der Waals surface area (Å²) in [6.45, 7) is 2.65. The first kappa shape index (κ1) is 18.7. The van der Waals surface area contributed by atoms with Gasteiger partial charge >= 0.3 is 0 Å². The summed E-state index contributed by atoms with van der Waals surface area (Å²) in [6, 6.07) is 10.5. The number of benzene rings is 2. The third kappa shape index (κ3) is 4.98. The largest absolute Gasteiger partial charge is 0.494 e. The third-order valence-corrected chi connectivity index (χ3v) is 3.72. The second kappa shape index (κ2) is 8.54. The molecule has 0 spiro atoms. The molecule has 0 aliphatic heterocycles. The standard InChI is InChI=1S/C18H16F2N4O2S/c1-2-25-13-6-3-11(4-7-13)17-23-16(26-24-17)10-21-18(27)22-15-8-5-12(19)9-14(15)20/h3-9H,2,10H2,1H3,(H2,21,22,27). The molecular formula is C18H16F2N4O2S. The summed E-state index contributed by atoms with van der Waals surface area (Å²) in [5.74, 6) is 0.0938. The van der Waals surface area contributed by atoms with Crippen LogP contribution >= 0.6 is 12.2 Å². The van der Waals surface area contributed by atoms with E-state index in [1.54, 1.807) is 0 Å². The van der Waals surface area contributed by atoms with Crippen LogP contribution in [0.2, 0.25) is 0 Å². The second-order valence-corrected chi connectivity index (χ2v) is 5.81. The van der Waals surface area contributed by atoms with Crippen LogP contribution in [0, 0.1) is 11.6 Å². The first-order valence-corrected chi connectivity index (χ1v) is 8.51. The normalized spacial score (nSPS) is 10.5. The number of anilines is 1. The molecule has 1 aromatic heterocycles. The van der Waals surface area contributed by atoms with E-state index in [0.717, 1.165) is 23.4 Å². The van der Waals surface area contributed by atoms with E-state index in [4.69, 9.17) is 21.5 Å². The second-order valence-electron chi connectivity index (χ2n) is 5.40. The van der Waals surface area contributed by atoms with Crippen LogP contribution < -0.4 is 15.4 Å². The van der Waals surface area contributed by atoms with Gasteiger partial charge in [-0.25, -0.2) is 8.78 Å². The molecule has 0 radical (unpaired) electrons. The molecule has 140 valence electrons. The average molecular weight is 390 g/mol. The first-order chi connectivity index (χ1) is 13.0. The number of nitrogens with one attached hydrogen (secondary N) is 2. The van der Waals surface area contributed by atoms with E-state index in [9.17, 15) is 8.78 Å². The van der Waals surface area contributed by atoms with Crippen molar-refractivity contribution >= 4 is 23.0 Å². The molecule has 3 aromatic rings. The Hall–Kier alpha value is -3.07. The van der Waals surface area contributed by atoms with Gasteiger partial charge in [0.2, 0.25) is 11.7 Å². The Balaban J connectivity index is 1.56. The predicted octanol–water partition coefficient (Wildman–Crippen LogP) is 3.90. The highest BCUT2D eigenvalue weighted by Crippen LogP contribution is 2.20. The van der Waals surface area contributed by atoms with Crippen LogP contribution in [-0.4, -0.2) is 21.9 Å². The molecule has 0 saturated heterocycles. The zero-order valence-electron chi connectivity index (χ0n) is 14.3. The number of hydrogen-bond acceptors (Lipinski definition) is 5. The van der Waals surface area contributed by atoms with Crippen LogP contribution in [-0.2, 0) is 6.54 Å². The Morgan fingerprint density at radius 2 is 1.96 bits per heavy atom. The lowest BCUT2D eigenvalue weighted by Gasteiger charge is -2.09. The third-order valence-electron chi connectivity index (χ3n) is 3.47. The highest BCUT2D eigenvalue weighted by atomic mass is 32.1. The molecule has 0 atom stereocenters. The molecule has 6 nitrogen and oxygen atoms in total. The molecule has 9 heteroatoms. The van der Waals surface area contributed by atoms with Crippen molar-refractivity contribution in [1.29, 1.82) is 0 Å². The van der Waals surface area contributed by atoms with Crippen LogP contribution in [0.15, 0.2) is 47.0 Å². The van der Waals surface area contributed by atoms with Gasteiger partial charge in [0.05, 0.1) is 18.8 Å². The van der Waals surface area contributed by atoms with Crippen molar-refractivity contribution in [1.82, 2.24) is 15.5 Å². The maximum Gasteiger partial charge on any atom is 0.246 e. The van der Waals surface area contributed by atoms with Gasteiger partial charge < -0.3 is 19.9 Å². The van der Waals surface area contributed by atoms with Gasteiger partial charge in [0.1, 0.15) is 17.4 Å². The minimum absolute atomic E-state index is 0.0644. The summed E-state index contributed by atoms with van der Waals surface area (Å²) in [5.41, 5.74) is 0.844. The van der Waals surface area contributed by atoms with Crippen molar-refractivity contribution in [2.24, 2.45) is 0 Å². The maximum absolute atomic E-state index is 13.6. The van der Waals surface area contributed by atoms with Crippen molar-refractivity contribution in [3.63, 3.8) is 0 Å². The van der Waals surface area contributed by atoms with Gasteiger partial charge in [-0.1, -0.05) is 5.16 Å². The van der Waals surface area contributed by atoms with E-state index in [0.29, 0.717) is 18.3 Å². The number of thiocarbonyl (C=S) groups is 1. The molecule has 1 heterocycles. The van der Waals surface area contributed by atoms with Gasteiger partial charge in [-0.2, -0.15) is 4.98 Å². The quantitative estimate of drug-likeness (QED) is 0.619. The average Bonchev–Trinajstić information content (AvgIpc) is 3.12. The van der Waals surface area contributed by atoms with E-state index in [2.05, 4.69) is 20.8 Å². The molecular weight excluding hydrogens is 374 g/mol. The zero-order valence-corrected chi connectivity index (χ0v) is 15.1. The Morgan fingerprint density at radius 3 is 2.67 bits per heavy atom. The SMILES string of the molecule is CCOc1ccc(-c2noc(CNC(=S)Nc3ccc(F)cc3F)n2)cc1. The van der Waals surface area contributed by atoms with Crippen LogP contribution in [0.25, 0.3) is 11.4 Å². The Kier molecular flexibility index (Phi) is 5.92. The summed E-state index contributed by atoms with van der Waals surface area (Å²) in [5, 5.41) is 9.52. The zero-order chi connectivity index (χ0) is 19.2. The predicted molar refractivity (Wildman–Crippen MR) is 100 cm³/mol. The molecule has 0 fully saturated rings. The highest BCUT2D eigenvalue weighted by molar-refractivity contribution is 7.80. The molecule has 2 aromatic carbocycles. The van der Waals surface area contributed by atoms with Crippen LogP contribution in [0.5, 0.6) is 5.75 Å². The number of hydrogen-bond donors (Lipinski definition) is 2. The van der Waals surface area contributed by atoms with Crippen molar-refractivity contribution in [3.05, 3.63) is 60.0 Å². The Bertz CT molecular complexity index is 931. The van der Waals surface area contributed by atoms with Gasteiger partial charge in [-0.15, -0.1) is 0 Å². The monoisotopic (exact) mass is 390 g/mol. The summed E-state index contributed by atoms with van der Waals surface area (Å²) in [7, 11) is 0. The van der Waals surface area contributed by atoms with E-state index in [1.807, 2.05) is 31.2 Å². The van der Waals surface area contributed by atoms with Gasteiger partial charge in [0.25, 0.3) is 0 Å². The fraction of sp³-hybridized carbons (Fsp3) is 0.167. The summed E-state index contributed by atoms with van der Waals surface area (Å²) < 4.78 is 37.1. The van der Waals surface area contributed by atoms with Crippen molar-refractivity contribution in [3.8, 4) is 17.1 Å². The lowest BCUT2D eigenvalue weighted by molar-refractivity contribution is 0.340. The lowest BCUT2D eigenvalue weighted by atomic mass is 10.2. The minimum atomic E-state index is -0.741. The highest BCUT2D eigenvalue weighted by Gasteiger charge is 2.10. The number of halogens is 2. The maximum atomic E-state index is 13.6. The molecule has 0 saturated carbocycles. The topological polar surface area (TPSA) is 72.2 Å². The van der Waals surface area contributed by atoms with Gasteiger partial charge in [0, 0.05) is 11.6 Å². The molecule has 0 unspecified atom stereocenters. The van der Waals surface area contributed by atoms with Gasteiger partial charge in [0.15, 0.2) is 5.11 Å². The molecule has 0 aliphatic carbocycles. The molecule has 2 N–H and O–H groups in total. The van der Waals surface area contributed by atoms with Gasteiger partial charge in [-0.05, 0) is 55.5 Å². The first-order valence-electron chi connectivity index (χ1n) is 8.11. The number of aromatic nitrogens is 2. The molecule has 0 bridgehead atoms. The minimum Gasteiger partial charge on any atom is -0.494 e. The van der Waals surface area contributed by atoms with Crippen molar-refractivity contribution < 1.29 is 18.0 Å². The summed E-state index contributed by atoms with van der Waals surface area (Å²) >= 11 is 5.08. The van der Waals surface area contributed by atoms with Gasteiger partial charge in [-0.3, -0.25) is 0 Å². The molecule has 0 amide bonds. The molecule has 0 aliphatic rings. The smallest absolute Gasteiger partial charge is 0.246 e. The van der Waals surface area contributed by atoms with E-state index < -0.39 is 11.6 Å². The number of nitrogens with zero attached hydrogens (tertiary/aromatic N) is 2. The number of rotatable bonds is 6. The Morgan fingerprint density at radius 1 is 1.19 bits per heavy atom. The van der Waals surface area contributed by atoms with E-state index in [1.165, 1.54) is 6.07 Å². The molecule has 3 rings (SSSR count). The summed E-state index contributed by atoms with van der Waals surface area (Å²) in [6.07, 6.45) is 0. The van der Waals surface area contributed by atoms with E-state index >= 15 is 0 Å². The van der Waals surface area contributed by atoms with Crippen molar-refractivity contribution in [2.75, 3.05) is 11.9 Å². The van der Waals surface area contributed by atoms with Crippen LogP contribution in [0.3, 0.4) is 0 Å². The van der Waals surface area contributed by atoms with Crippen LogP contribution in [0.4, 0.5) is 14.5 Å². The lowest BCUT2D eigenvalue weighted by Crippen LogP contribution is -2.28. The number of ether oxygens (including phenoxy) is 1. The summed E-state index contributed by atoms with van der Waals surface area (Å²) in [4.78, 5) is 4.27.